The molecule has 0 radical (unpaired) electrons. The van der Waals surface area contributed by atoms with Crippen LogP contribution in [0.1, 0.15) is 18.1 Å². The van der Waals surface area contributed by atoms with Gasteiger partial charge in [0.2, 0.25) is 0 Å². The van der Waals surface area contributed by atoms with Crippen molar-refractivity contribution in [3.8, 4) is 6.07 Å². The van der Waals surface area contributed by atoms with Crippen LogP contribution in [0.3, 0.4) is 0 Å². The zero-order valence-corrected chi connectivity index (χ0v) is 9.83. The number of nitrogens with one attached hydrogen (secondary N) is 1. The molecule has 1 heterocycles. The van der Waals surface area contributed by atoms with Crippen LogP contribution in [0.5, 0.6) is 0 Å². The van der Waals surface area contributed by atoms with Crippen molar-refractivity contribution in [1.29, 1.82) is 5.26 Å². The van der Waals surface area contributed by atoms with E-state index >= 15 is 0 Å². The molecular weight excluding hydrogens is 198 g/mol. The maximum absolute atomic E-state index is 9.11. The molecule has 0 bridgehead atoms. The van der Waals surface area contributed by atoms with Crippen molar-refractivity contribution in [3.63, 3.8) is 0 Å². The van der Waals surface area contributed by atoms with Gasteiger partial charge < -0.3 is 10.2 Å². The Morgan fingerprint density at radius 3 is 3.00 bits per heavy atom. The molecule has 2 rings (SSSR count). The van der Waals surface area contributed by atoms with E-state index in [0.29, 0.717) is 6.04 Å². The second-order valence-electron chi connectivity index (χ2n) is 4.43. The molecule has 1 aromatic rings. The van der Waals surface area contributed by atoms with Crippen LogP contribution in [-0.2, 0) is 0 Å². The first-order chi connectivity index (χ1) is 7.70. The van der Waals surface area contributed by atoms with Gasteiger partial charge in [0.05, 0.1) is 11.3 Å². The van der Waals surface area contributed by atoms with Crippen LogP contribution in [0.4, 0.5) is 5.69 Å². The van der Waals surface area contributed by atoms with Gasteiger partial charge in [-0.25, -0.2) is 0 Å². The quantitative estimate of drug-likeness (QED) is 0.774. The molecule has 0 saturated carbocycles. The zero-order valence-electron chi connectivity index (χ0n) is 9.83. The smallest absolute Gasteiger partial charge is 0.101 e. The molecule has 0 amide bonds. The molecule has 1 aliphatic rings. The number of aryl methyl sites for hydroxylation is 1. The summed E-state index contributed by atoms with van der Waals surface area (Å²) in [5.41, 5.74) is 3.07. The van der Waals surface area contributed by atoms with Crippen LogP contribution in [0, 0.1) is 18.3 Å². The second kappa shape index (κ2) is 4.54. The average molecular weight is 215 g/mol. The largest absolute Gasteiger partial charge is 0.368 e. The third kappa shape index (κ3) is 2.17. The molecule has 84 valence electrons. The van der Waals surface area contributed by atoms with Crippen LogP contribution in [0.25, 0.3) is 0 Å². The number of hydrogen-bond donors (Lipinski definition) is 1. The summed E-state index contributed by atoms with van der Waals surface area (Å²) in [5, 5.41) is 12.5. The van der Waals surface area contributed by atoms with Crippen LogP contribution in [-0.4, -0.2) is 25.7 Å². The number of nitriles is 1. The molecule has 1 fully saturated rings. The summed E-state index contributed by atoms with van der Waals surface area (Å²) in [6, 6.07) is 8.78. The number of nitrogens with zero attached hydrogens (tertiary/aromatic N) is 2. The van der Waals surface area contributed by atoms with E-state index in [1.54, 1.807) is 0 Å². The van der Waals surface area contributed by atoms with E-state index < -0.39 is 0 Å². The number of anilines is 1. The number of piperazine rings is 1. The molecule has 1 aliphatic heterocycles. The van der Waals surface area contributed by atoms with Crippen molar-refractivity contribution in [2.75, 3.05) is 24.5 Å². The highest BCUT2D eigenvalue weighted by Gasteiger charge is 2.18. The topological polar surface area (TPSA) is 39.1 Å². The van der Waals surface area contributed by atoms with Crippen molar-refractivity contribution in [3.05, 3.63) is 29.3 Å². The van der Waals surface area contributed by atoms with Crippen LogP contribution in [0.2, 0.25) is 0 Å². The first kappa shape index (κ1) is 11.0. The SMILES string of the molecule is Cc1ccc(C#N)c(N2CCN[C@H](C)C2)c1. The molecule has 1 N–H and O–H groups in total. The van der Waals surface area contributed by atoms with Gasteiger partial charge in [-0.05, 0) is 31.5 Å². The maximum atomic E-state index is 9.11. The summed E-state index contributed by atoms with van der Waals surface area (Å²) in [4.78, 5) is 2.30. The van der Waals surface area contributed by atoms with Gasteiger partial charge >= 0.3 is 0 Å². The van der Waals surface area contributed by atoms with Crippen LogP contribution < -0.4 is 10.2 Å². The van der Waals surface area contributed by atoms with Gasteiger partial charge in [0.1, 0.15) is 6.07 Å². The van der Waals surface area contributed by atoms with Gasteiger partial charge in [0, 0.05) is 25.7 Å². The summed E-state index contributed by atoms with van der Waals surface area (Å²) < 4.78 is 0. The molecule has 16 heavy (non-hydrogen) atoms. The minimum atomic E-state index is 0.487. The minimum Gasteiger partial charge on any atom is -0.368 e. The fourth-order valence-electron chi connectivity index (χ4n) is 2.15. The molecule has 0 aromatic heterocycles. The van der Waals surface area contributed by atoms with Gasteiger partial charge in [-0.3, -0.25) is 0 Å². The number of rotatable bonds is 1. The van der Waals surface area contributed by atoms with Crippen LogP contribution in [0.15, 0.2) is 18.2 Å². The molecule has 1 atom stereocenters. The number of benzene rings is 1. The molecule has 3 nitrogen and oxygen atoms in total. The van der Waals surface area contributed by atoms with Gasteiger partial charge in [0.15, 0.2) is 0 Å². The van der Waals surface area contributed by atoms with E-state index in [4.69, 9.17) is 5.26 Å². The fourth-order valence-corrected chi connectivity index (χ4v) is 2.15. The maximum Gasteiger partial charge on any atom is 0.101 e. The molecule has 0 aliphatic carbocycles. The molecule has 3 heteroatoms. The minimum absolute atomic E-state index is 0.487. The highest BCUT2D eigenvalue weighted by molar-refractivity contribution is 5.61. The Morgan fingerprint density at radius 1 is 1.50 bits per heavy atom. The average Bonchev–Trinajstić information content (AvgIpc) is 2.29. The molecule has 0 spiro atoms. The second-order valence-corrected chi connectivity index (χ2v) is 4.43. The first-order valence-corrected chi connectivity index (χ1v) is 5.70. The Labute approximate surface area is 96.7 Å². The lowest BCUT2D eigenvalue weighted by molar-refractivity contribution is 0.484. The summed E-state index contributed by atoms with van der Waals surface area (Å²) in [5.74, 6) is 0. The molecule has 1 aromatic carbocycles. The van der Waals surface area contributed by atoms with Gasteiger partial charge in [-0.1, -0.05) is 6.07 Å². The van der Waals surface area contributed by atoms with Crippen molar-refractivity contribution >= 4 is 5.69 Å². The van der Waals surface area contributed by atoms with E-state index in [-0.39, 0.29) is 0 Å². The zero-order chi connectivity index (χ0) is 11.5. The summed E-state index contributed by atoms with van der Waals surface area (Å²) in [7, 11) is 0. The predicted molar refractivity (Wildman–Crippen MR) is 65.6 cm³/mol. The Balaban J connectivity index is 2.31. The summed E-state index contributed by atoms with van der Waals surface area (Å²) in [6.07, 6.45) is 0. The van der Waals surface area contributed by atoms with E-state index in [2.05, 4.69) is 36.2 Å². The highest BCUT2D eigenvalue weighted by Crippen LogP contribution is 2.22. The molecule has 0 unspecified atom stereocenters. The van der Waals surface area contributed by atoms with E-state index in [9.17, 15) is 0 Å². The lowest BCUT2D eigenvalue weighted by Gasteiger charge is -2.34. The summed E-state index contributed by atoms with van der Waals surface area (Å²) >= 11 is 0. The third-order valence-corrected chi connectivity index (χ3v) is 2.98. The normalized spacial score (nSPS) is 20.6. The summed E-state index contributed by atoms with van der Waals surface area (Å²) in [6.45, 7) is 7.17. The lowest BCUT2D eigenvalue weighted by atomic mass is 10.1. The Morgan fingerprint density at radius 2 is 2.31 bits per heavy atom. The highest BCUT2D eigenvalue weighted by atomic mass is 15.2. The van der Waals surface area contributed by atoms with Crippen molar-refractivity contribution < 1.29 is 0 Å². The predicted octanol–water partition coefficient (Wildman–Crippen LogP) is 1.66. The Bertz CT molecular complexity index is 420. The van der Waals surface area contributed by atoms with E-state index in [1.165, 1.54) is 5.56 Å². The van der Waals surface area contributed by atoms with Gasteiger partial charge in [0.25, 0.3) is 0 Å². The Hall–Kier alpha value is -1.53. The lowest BCUT2D eigenvalue weighted by Crippen LogP contribution is -2.49. The standard InChI is InChI=1S/C13H17N3/c1-10-3-4-12(8-14)13(7-10)16-6-5-15-11(2)9-16/h3-4,7,11,15H,5-6,9H2,1-2H3/t11-/m1/s1. The first-order valence-electron chi connectivity index (χ1n) is 5.70. The van der Waals surface area contributed by atoms with Crippen molar-refractivity contribution in [2.45, 2.75) is 19.9 Å². The third-order valence-electron chi connectivity index (χ3n) is 2.98. The molecular formula is C13H17N3. The monoisotopic (exact) mass is 215 g/mol. The van der Waals surface area contributed by atoms with Crippen molar-refractivity contribution in [1.82, 2.24) is 5.32 Å². The Kier molecular flexibility index (Phi) is 3.12. The van der Waals surface area contributed by atoms with E-state index in [0.717, 1.165) is 30.9 Å². The van der Waals surface area contributed by atoms with Crippen LogP contribution >= 0.6 is 0 Å². The fraction of sp³-hybridized carbons (Fsp3) is 0.462. The van der Waals surface area contributed by atoms with Gasteiger partial charge in [-0.15, -0.1) is 0 Å². The van der Waals surface area contributed by atoms with Crippen molar-refractivity contribution in [2.24, 2.45) is 0 Å². The van der Waals surface area contributed by atoms with Gasteiger partial charge in [-0.2, -0.15) is 5.26 Å². The molecule has 1 saturated heterocycles. The van der Waals surface area contributed by atoms with E-state index in [1.807, 2.05) is 12.1 Å². The number of hydrogen-bond acceptors (Lipinski definition) is 3.